The molecule has 0 fully saturated rings. The van der Waals surface area contributed by atoms with Crippen molar-refractivity contribution in [3.05, 3.63) is 456 Å². The first-order valence-corrected chi connectivity index (χ1v) is 44.9. The molecule has 29 aromatic rings. The molecule has 0 aliphatic carbocycles. The summed E-state index contributed by atoms with van der Waals surface area (Å²) in [7, 11) is 0. The molecule has 0 bridgehead atoms. The van der Waals surface area contributed by atoms with Crippen molar-refractivity contribution in [2.75, 3.05) is 0 Å². The third-order valence-electron chi connectivity index (χ3n) is 27.2. The molecule has 610 valence electrons. The molecule has 0 aliphatic rings. The molecule has 0 spiro atoms. The number of nitrogens with zero attached hydrogens (tertiary/aromatic N) is 7. The van der Waals surface area contributed by atoms with E-state index in [-0.39, 0.29) is 0 Å². The maximum atomic E-state index is 4.57. The van der Waals surface area contributed by atoms with E-state index in [4.69, 9.17) is 0 Å². The van der Waals surface area contributed by atoms with Gasteiger partial charge in [-0.15, -0.1) is 0 Å². The lowest BCUT2D eigenvalue weighted by atomic mass is 9.86. The van der Waals surface area contributed by atoms with Gasteiger partial charge in [-0.1, -0.05) is 322 Å². The van der Waals surface area contributed by atoms with Gasteiger partial charge in [0, 0.05) is 55.0 Å². The Morgan fingerprint density at radius 1 is 0.121 bits per heavy atom. The van der Waals surface area contributed by atoms with Gasteiger partial charge in [-0.3, -0.25) is 34.9 Å². The molecule has 4 aromatic heterocycles. The van der Waals surface area contributed by atoms with Gasteiger partial charge >= 0.3 is 0 Å². The third kappa shape index (κ3) is 12.5. The average molecular weight is 1680 g/mol. The summed E-state index contributed by atoms with van der Waals surface area (Å²) >= 11 is 0. The van der Waals surface area contributed by atoms with Gasteiger partial charge in [0.05, 0.1) is 33.1 Å². The molecule has 29 rings (SSSR count). The number of pyridine rings is 1. The Kier molecular flexibility index (Phi) is 17.8. The van der Waals surface area contributed by atoms with E-state index in [9.17, 15) is 0 Å². The first kappa shape index (κ1) is 75.7. The molecule has 0 saturated carbocycles. The highest BCUT2D eigenvalue weighted by Gasteiger charge is 2.22. The smallest absolute Gasteiger partial charge is 0.0892 e. The zero-order chi connectivity index (χ0) is 86.9. The number of rotatable bonds is 4. The molecule has 7 nitrogen and oxygen atoms in total. The summed E-state index contributed by atoms with van der Waals surface area (Å²) in [5.41, 5.74) is 15.1. The second-order valence-corrected chi connectivity index (χ2v) is 34.4. The highest BCUT2D eigenvalue weighted by Crippen LogP contribution is 2.50. The fourth-order valence-corrected chi connectivity index (χ4v) is 21.3. The Balaban J connectivity index is 0.0000000926. The number of aromatic nitrogens is 7. The van der Waals surface area contributed by atoms with Crippen LogP contribution in [0.4, 0.5) is 0 Å². The molecular formula is C125H75N7. The third-order valence-corrected chi connectivity index (χ3v) is 27.2. The second kappa shape index (κ2) is 31.1. The molecule has 132 heavy (non-hydrogen) atoms. The molecule has 7 heteroatoms. The van der Waals surface area contributed by atoms with Gasteiger partial charge in [0.15, 0.2) is 0 Å². The summed E-state index contributed by atoms with van der Waals surface area (Å²) < 4.78 is 0. The molecular weight excluding hydrogens is 1600 g/mol. The van der Waals surface area contributed by atoms with Crippen LogP contribution < -0.4 is 0 Å². The minimum atomic E-state index is 0.911. The van der Waals surface area contributed by atoms with Gasteiger partial charge in [-0.25, -0.2) is 0 Å². The van der Waals surface area contributed by atoms with Crippen LogP contribution in [0.5, 0.6) is 0 Å². The van der Waals surface area contributed by atoms with Crippen molar-refractivity contribution in [3.63, 3.8) is 0 Å². The van der Waals surface area contributed by atoms with Crippen LogP contribution in [-0.4, -0.2) is 34.9 Å². The predicted octanol–water partition coefficient (Wildman–Crippen LogP) is 33.4. The van der Waals surface area contributed by atoms with Crippen LogP contribution >= 0.6 is 0 Å². The molecule has 0 saturated heterocycles. The molecule has 0 unspecified atom stereocenters. The molecule has 4 heterocycles. The summed E-state index contributed by atoms with van der Waals surface area (Å²) in [6, 6.07) is 147. The maximum absolute atomic E-state index is 4.57. The van der Waals surface area contributed by atoms with Crippen LogP contribution in [-0.2, 0) is 0 Å². The van der Waals surface area contributed by atoms with Gasteiger partial charge in [-0.05, 0) is 318 Å². The number of hydrogen-bond acceptors (Lipinski definition) is 7. The standard InChI is InChI=1S/2C34H20N2.C30H18N2.C27H17N/c1-2-8-23-21(7-1)13-15-28-24-9-3-4-10-25(24)30-20-29(22-14-16-31-32(19-22)36-18-17-35-31)26-11-5-6-12-27(26)34(30)33(23)28;1-2-8-22-18-30-29(17-21(22)7-1)24-9-3-4-10-25(24)31-20-28(26-11-5-6-12-27(26)34(30)31)23-13-14-32-33(19-23)36-16-15-35-32;1-2-9-22-20(7-1)21-8-3-5-11-24(21)30-25-12-6-4-10-23(25)26(18-27(22)30)19-13-14-28-29(17-19)32-16-15-31-28;1-2-6-22-18(5-1)11-12-25-23-7-3-4-8-24(23)26(16-27(22)25)20-9-10-21-17-28-14-13-19(21)15-20/h2*1-20H;1-18H;1-17H. The molecule has 0 aliphatic heterocycles. The largest absolute Gasteiger partial charge is 0.264 e. The second-order valence-electron chi connectivity index (χ2n) is 34.4. The SMILES string of the molecule is c1ccc2c(c1)c(-c1ccc3nccnc3c1)cc1c3ccccc3c3ccccc3c21.c1ccc2c(c1)ccc1c3ccccc3c(-c3ccc4cnccc4c3)cc21.c1ccc2c(c1)ccc1c3ccccc3c3cc(-c4ccc5nccnc5c4)c4ccccc4c3c21.c1ccc2cc3c(cc2c1)c1ccccc1c1cc(-c2ccc4nccnc4c2)c2ccccc2c13. The van der Waals surface area contributed by atoms with Gasteiger partial charge in [0.25, 0.3) is 0 Å². The van der Waals surface area contributed by atoms with Gasteiger partial charge in [-0.2, -0.15) is 0 Å². The Bertz CT molecular complexity index is 9870. The van der Waals surface area contributed by atoms with E-state index in [0.717, 1.165) is 49.8 Å². The van der Waals surface area contributed by atoms with Crippen molar-refractivity contribution >= 4 is 227 Å². The average Bonchev–Trinajstić information content (AvgIpc) is 0.725. The summed E-state index contributed by atoms with van der Waals surface area (Å²) in [5, 5.41) is 46.2. The minimum absolute atomic E-state index is 0.911. The predicted molar refractivity (Wildman–Crippen MR) is 560 cm³/mol. The lowest BCUT2D eigenvalue weighted by Crippen LogP contribution is -1.90. The number of hydrogen-bond donors (Lipinski definition) is 0. The van der Waals surface area contributed by atoms with Crippen LogP contribution in [0.25, 0.3) is 272 Å². The first-order chi connectivity index (χ1) is 65.5. The van der Waals surface area contributed by atoms with Crippen LogP contribution in [0.3, 0.4) is 0 Å². The maximum Gasteiger partial charge on any atom is 0.0892 e. The van der Waals surface area contributed by atoms with Crippen molar-refractivity contribution in [1.29, 1.82) is 0 Å². The van der Waals surface area contributed by atoms with Crippen molar-refractivity contribution in [1.82, 2.24) is 34.9 Å². The Morgan fingerprint density at radius 2 is 0.371 bits per heavy atom. The van der Waals surface area contributed by atoms with Crippen molar-refractivity contribution in [3.8, 4) is 44.5 Å². The molecule has 0 atom stereocenters. The van der Waals surface area contributed by atoms with E-state index in [1.54, 1.807) is 37.2 Å². The Hall–Kier alpha value is -17.7. The van der Waals surface area contributed by atoms with Crippen LogP contribution in [0.1, 0.15) is 0 Å². The van der Waals surface area contributed by atoms with Crippen molar-refractivity contribution in [2.24, 2.45) is 0 Å². The zero-order valence-electron chi connectivity index (χ0n) is 71.4. The van der Waals surface area contributed by atoms with Gasteiger partial charge in [0.2, 0.25) is 0 Å². The van der Waals surface area contributed by atoms with Gasteiger partial charge < -0.3 is 0 Å². The normalized spacial score (nSPS) is 11.8. The summed E-state index contributed by atoms with van der Waals surface area (Å²) in [4.78, 5) is 31.3. The fraction of sp³-hybridized carbons (Fsp3) is 0. The van der Waals surface area contributed by atoms with E-state index in [0.29, 0.717) is 0 Å². The summed E-state index contributed by atoms with van der Waals surface area (Å²) in [5.74, 6) is 0. The molecule has 0 N–H and O–H groups in total. The van der Waals surface area contributed by atoms with E-state index in [2.05, 4.69) is 441 Å². The zero-order valence-corrected chi connectivity index (χ0v) is 71.4. The lowest BCUT2D eigenvalue weighted by Gasteiger charge is -2.17. The van der Waals surface area contributed by atoms with E-state index in [1.807, 2.05) is 12.4 Å². The van der Waals surface area contributed by atoms with Crippen molar-refractivity contribution < 1.29 is 0 Å². The van der Waals surface area contributed by atoms with E-state index in [1.165, 1.54) is 222 Å². The summed E-state index contributed by atoms with van der Waals surface area (Å²) in [6.07, 6.45) is 14.3. The monoisotopic (exact) mass is 1670 g/mol. The van der Waals surface area contributed by atoms with Crippen molar-refractivity contribution in [2.45, 2.75) is 0 Å². The lowest BCUT2D eigenvalue weighted by molar-refractivity contribution is 1.29. The number of fused-ring (bicyclic) bond motifs is 36. The van der Waals surface area contributed by atoms with Crippen LogP contribution in [0.15, 0.2) is 456 Å². The quantitative estimate of drug-likeness (QED) is 0.128. The molecule has 0 amide bonds. The molecule has 25 aromatic carbocycles. The fourth-order valence-electron chi connectivity index (χ4n) is 21.3. The Labute approximate surface area is 757 Å². The topological polar surface area (TPSA) is 90.2 Å². The summed E-state index contributed by atoms with van der Waals surface area (Å²) in [6.45, 7) is 0. The first-order valence-electron chi connectivity index (χ1n) is 44.9. The highest BCUT2D eigenvalue weighted by molar-refractivity contribution is 6.39. The highest BCUT2D eigenvalue weighted by atomic mass is 14.8. The number of benzene rings is 25. The van der Waals surface area contributed by atoms with E-state index < -0.39 is 0 Å². The van der Waals surface area contributed by atoms with Crippen LogP contribution in [0.2, 0.25) is 0 Å². The van der Waals surface area contributed by atoms with Gasteiger partial charge in [0.1, 0.15) is 0 Å². The minimum Gasteiger partial charge on any atom is -0.264 e. The van der Waals surface area contributed by atoms with E-state index >= 15 is 0 Å². The molecule has 0 radical (unpaired) electrons. The van der Waals surface area contributed by atoms with Crippen LogP contribution in [0, 0.1) is 0 Å². The Morgan fingerprint density at radius 3 is 0.841 bits per heavy atom.